The number of aromatic nitrogens is 2. The van der Waals surface area contributed by atoms with Crippen LogP contribution < -0.4 is 5.32 Å². The van der Waals surface area contributed by atoms with Gasteiger partial charge in [-0.15, -0.1) is 0 Å². The minimum Gasteiger partial charge on any atom is -0.387 e. The Morgan fingerprint density at radius 1 is 1.42 bits per heavy atom. The normalized spacial score (nSPS) is 15.5. The Hall–Kier alpha value is -2.14. The second-order valence-corrected chi connectivity index (χ2v) is 6.90. The summed E-state index contributed by atoms with van der Waals surface area (Å²) in [7, 11) is 0. The average molecular weight is 327 g/mol. The highest BCUT2D eigenvalue weighted by Gasteiger charge is 2.33. The molecule has 1 unspecified atom stereocenters. The standard InChI is InChI=1S/C19H25N3O2/c1-12(2)22-18(14-7-8-14)16(10-21-22)19(24)20-11-17(23)15-6-4-5-13(3)9-15/h4-6,9-10,12,14,17,23H,7-8,11H2,1-3H3,(H,20,24). The zero-order valence-corrected chi connectivity index (χ0v) is 14.5. The van der Waals surface area contributed by atoms with Crippen molar-refractivity contribution in [1.82, 2.24) is 15.1 Å². The van der Waals surface area contributed by atoms with E-state index in [2.05, 4.69) is 24.3 Å². The quantitative estimate of drug-likeness (QED) is 0.856. The number of hydrogen-bond donors (Lipinski definition) is 2. The van der Waals surface area contributed by atoms with Gasteiger partial charge in [-0.25, -0.2) is 0 Å². The molecule has 5 nitrogen and oxygen atoms in total. The fourth-order valence-corrected chi connectivity index (χ4v) is 3.00. The molecule has 3 rings (SSSR count). The molecule has 1 aliphatic rings. The van der Waals surface area contributed by atoms with Gasteiger partial charge in [0.25, 0.3) is 5.91 Å². The third kappa shape index (κ3) is 3.51. The molecular weight excluding hydrogens is 302 g/mol. The lowest BCUT2D eigenvalue weighted by atomic mass is 10.1. The van der Waals surface area contributed by atoms with Gasteiger partial charge in [0.15, 0.2) is 0 Å². The van der Waals surface area contributed by atoms with Crippen molar-refractivity contribution in [3.05, 3.63) is 52.8 Å². The van der Waals surface area contributed by atoms with Crippen LogP contribution in [0.1, 0.15) is 71.9 Å². The topological polar surface area (TPSA) is 67.2 Å². The molecule has 1 amide bonds. The van der Waals surface area contributed by atoms with Gasteiger partial charge < -0.3 is 10.4 Å². The van der Waals surface area contributed by atoms with Crippen LogP contribution >= 0.6 is 0 Å². The Morgan fingerprint density at radius 2 is 2.17 bits per heavy atom. The molecule has 1 aromatic carbocycles. The van der Waals surface area contributed by atoms with Gasteiger partial charge >= 0.3 is 0 Å². The van der Waals surface area contributed by atoms with Gasteiger partial charge in [-0.3, -0.25) is 9.48 Å². The Balaban J connectivity index is 1.69. The Bertz CT molecular complexity index is 732. The molecular formula is C19H25N3O2. The SMILES string of the molecule is Cc1cccc(C(O)CNC(=O)c2cnn(C(C)C)c2C2CC2)c1. The van der Waals surface area contributed by atoms with Crippen LogP contribution in [0.4, 0.5) is 0 Å². The molecule has 0 spiro atoms. The summed E-state index contributed by atoms with van der Waals surface area (Å²) in [6.07, 6.45) is 3.18. The average Bonchev–Trinajstić information content (AvgIpc) is 3.29. The van der Waals surface area contributed by atoms with E-state index in [1.54, 1.807) is 6.20 Å². The van der Waals surface area contributed by atoms with Crippen molar-refractivity contribution in [3.8, 4) is 0 Å². The molecule has 2 N–H and O–H groups in total. The third-order valence-corrected chi connectivity index (χ3v) is 4.41. The number of amides is 1. The van der Waals surface area contributed by atoms with E-state index in [9.17, 15) is 9.90 Å². The van der Waals surface area contributed by atoms with Crippen molar-refractivity contribution in [2.45, 2.75) is 51.7 Å². The highest BCUT2D eigenvalue weighted by Crippen LogP contribution is 2.42. The molecule has 1 aromatic heterocycles. The second-order valence-electron chi connectivity index (χ2n) is 6.90. The van der Waals surface area contributed by atoms with Gasteiger partial charge in [0.2, 0.25) is 0 Å². The maximum Gasteiger partial charge on any atom is 0.254 e. The van der Waals surface area contributed by atoms with E-state index in [-0.39, 0.29) is 18.5 Å². The van der Waals surface area contributed by atoms with Crippen molar-refractivity contribution in [2.24, 2.45) is 0 Å². The summed E-state index contributed by atoms with van der Waals surface area (Å²) in [6, 6.07) is 7.93. The minimum absolute atomic E-state index is 0.157. The van der Waals surface area contributed by atoms with E-state index < -0.39 is 6.10 Å². The molecule has 0 aliphatic heterocycles. The fraction of sp³-hybridized carbons (Fsp3) is 0.474. The van der Waals surface area contributed by atoms with Crippen molar-refractivity contribution < 1.29 is 9.90 Å². The van der Waals surface area contributed by atoms with Gasteiger partial charge in [0.05, 0.1) is 23.6 Å². The third-order valence-electron chi connectivity index (χ3n) is 4.41. The number of benzene rings is 1. The van der Waals surface area contributed by atoms with Gasteiger partial charge in [-0.1, -0.05) is 29.8 Å². The maximum absolute atomic E-state index is 12.6. The molecule has 5 heteroatoms. The highest BCUT2D eigenvalue weighted by molar-refractivity contribution is 5.95. The second kappa shape index (κ2) is 6.77. The van der Waals surface area contributed by atoms with Crippen LogP contribution in [0, 0.1) is 6.92 Å². The monoisotopic (exact) mass is 327 g/mol. The summed E-state index contributed by atoms with van der Waals surface area (Å²) in [6.45, 7) is 6.32. The first-order valence-corrected chi connectivity index (χ1v) is 8.57. The van der Waals surface area contributed by atoms with Crippen LogP contribution in [0.3, 0.4) is 0 Å². The lowest BCUT2D eigenvalue weighted by Crippen LogP contribution is -2.29. The smallest absolute Gasteiger partial charge is 0.254 e. The van der Waals surface area contributed by atoms with Crippen LogP contribution in [0.25, 0.3) is 0 Å². The number of carbonyl (C=O) groups is 1. The van der Waals surface area contributed by atoms with Crippen LogP contribution in [0.2, 0.25) is 0 Å². The summed E-state index contributed by atoms with van der Waals surface area (Å²) in [4.78, 5) is 12.6. The predicted molar refractivity (Wildman–Crippen MR) is 93.1 cm³/mol. The van der Waals surface area contributed by atoms with E-state index in [0.717, 1.165) is 29.7 Å². The van der Waals surface area contributed by atoms with E-state index in [4.69, 9.17) is 0 Å². The lowest BCUT2D eigenvalue weighted by molar-refractivity contribution is 0.0915. The Morgan fingerprint density at radius 3 is 2.79 bits per heavy atom. The maximum atomic E-state index is 12.6. The number of hydrogen-bond acceptors (Lipinski definition) is 3. The molecule has 1 saturated carbocycles. The van der Waals surface area contributed by atoms with E-state index in [1.807, 2.05) is 35.9 Å². The largest absolute Gasteiger partial charge is 0.387 e. The number of aryl methyl sites for hydroxylation is 1. The van der Waals surface area contributed by atoms with Crippen LogP contribution in [-0.4, -0.2) is 27.3 Å². The molecule has 24 heavy (non-hydrogen) atoms. The molecule has 1 fully saturated rings. The fourth-order valence-electron chi connectivity index (χ4n) is 3.00. The summed E-state index contributed by atoms with van der Waals surface area (Å²) >= 11 is 0. The molecule has 0 bridgehead atoms. The minimum atomic E-state index is -0.710. The molecule has 2 aromatic rings. The Labute approximate surface area is 142 Å². The van der Waals surface area contributed by atoms with Crippen molar-refractivity contribution in [3.63, 3.8) is 0 Å². The van der Waals surface area contributed by atoms with Crippen molar-refractivity contribution >= 4 is 5.91 Å². The Kier molecular flexibility index (Phi) is 4.71. The molecule has 0 saturated heterocycles. The number of aliphatic hydroxyl groups is 1. The number of nitrogens with zero attached hydrogens (tertiary/aromatic N) is 2. The zero-order valence-electron chi connectivity index (χ0n) is 14.5. The van der Waals surface area contributed by atoms with E-state index >= 15 is 0 Å². The van der Waals surface area contributed by atoms with Crippen LogP contribution in [0.15, 0.2) is 30.5 Å². The molecule has 1 atom stereocenters. The highest BCUT2D eigenvalue weighted by atomic mass is 16.3. The number of carbonyl (C=O) groups excluding carboxylic acids is 1. The van der Waals surface area contributed by atoms with Gasteiger partial charge in [0, 0.05) is 18.5 Å². The van der Waals surface area contributed by atoms with E-state index in [0.29, 0.717) is 11.5 Å². The summed E-state index contributed by atoms with van der Waals surface area (Å²) in [5.41, 5.74) is 3.58. The van der Waals surface area contributed by atoms with Gasteiger partial charge in [-0.2, -0.15) is 5.10 Å². The molecule has 0 radical (unpaired) electrons. The molecule has 1 heterocycles. The number of rotatable bonds is 6. The van der Waals surface area contributed by atoms with Crippen molar-refractivity contribution in [2.75, 3.05) is 6.54 Å². The summed E-state index contributed by atoms with van der Waals surface area (Å²) < 4.78 is 1.95. The molecule has 128 valence electrons. The number of aliphatic hydroxyl groups excluding tert-OH is 1. The first-order valence-electron chi connectivity index (χ1n) is 8.57. The molecule has 1 aliphatic carbocycles. The van der Waals surface area contributed by atoms with Gasteiger partial charge in [0.1, 0.15) is 0 Å². The predicted octanol–water partition coefficient (Wildman–Crippen LogP) is 3.11. The number of nitrogens with one attached hydrogen (secondary N) is 1. The van der Waals surface area contributed by atoms with Gasteiger partial charge in [-0.05, 0) is 39.2 Å². The van der Waals surface area contributed by atoms with E-state index in [1.165, 1.54) is 0 Å². The summed E-state index contributed by atoms with van der Waals surface area (Å²) in [5, 5.41) is 17.5. The lowest BCUT2D eigenvalue weighted by Gasteiger charge is -2.14. The first-order chi connectivity index (χ1) is 11.5. The van der Waals surface area contributed by atoms with Crippen LogP contribution in [-0.2, 0) is 0 Å². The van der Waals surface area contributed by atoms with Crippen LogP contribution in [0.5, 0.6) is 0 Å². The van der Waals surface area contributed by atoms with Crippen molar-refractivity contribution in [1.29, 1.82) is 0 Å². The first kappa shape index (κ1) is 16.7. The zero-order chi connectivity index (χ0) is 17.3. The summed E-state index contributed by atoms with van der Waals surface area (Å²) in [5.74, 6) is 0.285.